The molecule has 200 valence electrons. The molecule has 8 nitrogen and oxygen atoms in total. The van der Waals surface area contributed by atoms with E-state index >= 15 is 0 Å². The third-order valence-corrected chi connectivity index (χ3v) is 9.93. The molecule has 0 saturated carbocycles. The Balaban J connectivity index is 2.14. The Hall–Kier alpha value is -2.14. The van der Waals surface area contributed by atoms with Gasteiger partial charge in [0.25, 0.3) is 0 Å². The highest BCUT2D eigenvalue weighted by Crippen LogP contribution is 2.27. The molecule has 0 aromatic rings. The van der Waals surface area contributed by atoms with E-state index in [4.69, 9.17) is 0 Å². The predicted octanol–water partition coefficient (Wildman–Crippen LogP) is 3.13. The van der Waals surface area contributed by atoms with E-state index in [1.54, 1.807) is 27.7 Å². The van der Waals surface area contributed by atoms with Gasteiger partial charge in [-0.3, -0.25) is 19.2 Å². The van der Waals surface area contributed by atoms with Crippen molar-refractivity contribution in [3.05, 3.63) is 34.1 Å². The molecule has 0 radical (unpaired) electrons. The van der Waals surface area contributed by atoms with E-state index in [0.717, 1.165) is 0 Å². The van der Waals surface area contributed by atoms with Gasteiger partial charge in [0.1, 0.15) is 4.91 Å². The van der Waals surface area contributed by atoms with Crippen LogP contribution < -0.4 is 0 Å². The number of hydrogen-bond donors (Lipinski definition) is 2. The van der Waals surface area contributed by atoms with Crippen molar-refractivity contribution in [1.29, 1.82) is 0 Å². The summed E-state index contributed by atoms with van der Waals surface area (Å²) in [5.41, 5.74) is -1.83. The van der Waals surface area contributed by atoms with Crippen LogP contribution in [0, 0.1) is 10.8 Å². The zero-order valence-corrected chi connectivity index (χ0v) is 23.0. The summed E-state index contributed by atoms with van der Waals surface area (Å²) < 4.78 is 26.1. The van der Waals surface area contributed by atoms with Crippen molar-refractivity contribution in [2.75, 3.05) is 0 Å². The van der Waals surface area contributed by atoms with E-state index in [1.165, 1.54) is 24.3 Å². The van der Waals surface area contributed by atoms with Gasteiger partial charge < -0.3 is 19.3 Å². The van der Waals surface area contributed by atoms with Crippen LogP contribution in [0.25, 0.3) is 0 Å². The van der Waals surface area contributed by atoms with E-state index < -0.39 is 44.3 Å². The second-order valence-corrected chi connectivity index (χ2v) is 14.0. The summed E-state index contributed by atoms with van der Waals surface area (Å²) in [5.74, 6) is -2.23. The van der Waals surface area contributed by atoms with Crippen molar-refractivity contribution in [2.45, 2.75) is 79.1 Å². The van der Waals surface area contributed by atoms with Crippen molar-refractivity contribution in [3.8, 4) is 0 Å². The number of carbonyl (C=O) groups is 4. The van der Waals surface area contributed by atoms with E-state index in [0.29, 0.717) is 58.1 Å². The number of thiol groups is 2. The highest BCUT2D eigenvalue weighted by molar-refractivity contribution is 7.95. The molecule has 2 atom stereocenters. The van der Waals surface area contributed by atoms with Crippen LogP contribution in [0.1, 0.15) is 79.1 Å². The van der Waals surface area contributed by atoms with Crippen molar-refractivity contribution >= 4 is 54.8 Å². The van der Waals surface area contributed by atoms with E-state index in [-0.39, 0.29) is 24.4 Å². The first kappa shape index (κ1) is 30.1. The summed E-state index contributed by atoms with van der Waals surface area (Å²) in [4.78, 5) is 48.8. The number of carboxylic acids is 2. The van der Waals surface area contributed by atoms with Crippen LogP contribution in [0.15, 0.2) is 34.1 Å². The molecule has 2 rings (SSSR count). The largest absolute Gasteiger partial charge is 0.646 e. The number of rotatable bonds is 12. The summed E-state index contributed by atoms with van der Waals surface area (Å²) >= 11 is 0. The van der Waals surface area contributed by atoms with E-state index in [9.17, 15) is 38.5 Å². The molecule has 0 fully saturated rings. The number of carboxylic acid groups (broad SMARTS) is 2. The normalized spacial score (nSPS) is 21.6. The Bertz CT molecular complexity index is 1070. The maximum absolute atomic E-state index is 13.0. The summed E-state index contributed by atoms with van der Waals surface area (Å²) in [5, 5.41) is 18.5. The van der Waals surface area contributed by atoms with Crippen LogP contribution in [0.3, 0.4) is 0 Å². The van der Waals surface area contributed by atoms with Gasteiger partial charge in [-0.1, -0.05) is 0 Å². The number of hydrogen-bond acceptors (Lipinski definition) is 6. The fraction of sp³-hybridized carbons (Fsp3) is 0.538. The third kappa shape index (κ3) is 8.19. The summed E-state index contributed by atoms with van der Waals surface area (Å²) in [6.07, 6.45) is 8.15. The molecule has 2 heterocycles. The Morgan fingerprint density at radius 2 is 1.39 bits per heavy atom. The van der Waals surface area contributed by atoms with Gasteiger partial charge in [0.2, 0.25) is 0 Å². The maximum atomic E-state index is 13.0. The molecule has 0 spiro atoms. The monoisotopic (exact) mass is 540 g/mol. The molecule has 36 heavy (non-hydrogen) atoms. The smallest absolute Gasteiger partial charge is 0.309 e. The van der Waals surface area contributed by atoms with E-state index in [2.05, 4.69) is 0 Å². The number of carbonyl (C=O) groups excluding carboxylic acids is 2. The fourth-order valence-corrected chi connectivity index (χ4v) is 6.91. The number of aliphatic carboxylic acids is 2. The fourth-order valence-electron chi connectivity index (χ4n) is 3.91. The molecule has 0 aromatic heterocycles. The molecule has 10 heteroatoms. The van der Waals surface area contributed by atoms with Gasteiger partial charge in [-0.2, -0.15) is 21.5 Å². The van der Waals surface area contributed by atoms with Gasteiger partial charge in [-0.15, -0.1) is 0 Å². The zero-order chi connectivity index (χ0) is 27.3. The maximum Gasteiger partial charge on any atom is 0.309 e. The van der Waals surface area contributed by atoms with Gasteiger partial charge in [0.05, 0.1) is 38.3 Å². The lowest BCUT2D eigenvalue weighted by Gasteiger charge is -2.22. The average Bonchev–Trinajstić information content (AvgIpc) is 2.76. The third-order valence-electron chi connectivity index (χ3n) is 6.52. The van der Waals surface area contributed by atoms with Crippen molar-refractivity contribution in [2.24, 2.45) is 10.8 Å². The molecule has 2 aliphatic rings. The SMILES string of the molecule is CC(C)(CCCC1=CC(=O)CC(/C=C/C2=CC(=O)CC(CCCC(C)(C)C(=O)O)=[SH+]2[O-])=[SH+]1[O-])C(=O)O. The van der Waals surface area contributed by atoms with Crippen molar-refractivity contribution < 1.29 is 38.5 Å². The first-order valence-corrected chi connectivity index (χ1v) is 14.4. The standard InChI is InChI=1S/C26H36O8S2/c1-25(2,23(29)30)11-5-7-19-13-17(27)15-21(35(19)33)9-10-22-16-18(28)14-20(36(22)34)8-6-12-26(3,4)24(31)32/h9-10,13,16,35-36H,5-8,11-12,14-15H2,1-4H3,(H2-2,28,29,30,31,32,33,34). The number of allylic oxidation sites excluding steroid dienone is 5. The average molecular weight is 541 g/mol. The minimum absolute atomic E-state index is 0.0331. The lowest BCUT2D eigenvalue weighted by Crippen LogP contribution is -2.24. The molecule has 0 amide bonds. The molecule has 0 saturated heterocycles. The Morgan fingerprint density at radius 3 is 1.94 bits per heavy atom. The van der Waals surface area contributed by atoms with Gasteiger partial charge in [-0.25, -0.2) is 0 Å². The zero-order valence-electron chi connectivity index (χ0n) is 21.2. The Labute approximate surface area is 217 Å². The molecule has 2 N–H and O–H groups in total. The molecular formula is C26H36O8S2. The molecule has 2 unspecified atom stereocenters. The van der Waals surface area contributed by atoms with Crippen LogP contribution >= 0.6 is 0 Å². The highest BCUT2D eigenvalue weighted by Gasteiger charge is 2.29. The highest BCUT2D eigenvalue weighted by atomic mass is 32.2. The summed E-state index contributed by atoms with van der Waals surface area (Å²) in [6.45, 7) is 6.49. The van der Waals surface area contributed by atoms with Crippen LogP contribution in [0.2, 0.25) is 0 Å². The molecule has 2 aliphatic heterocycles. The lowest BCUT2D eigenvalue weighted by atomic mass is 9.87. The van der Waals surface area contributed by atoms with Gasteiger partial charge >= 0.3 is 11.9 Å². The van der Waals surface area contributed by atoms with Crippen molar-refractivity contribution in [3.63, 3.8) is 0 Å². The number of ketones is 2. The molecule has 0 aliphatic carbocycles. The Kier molecular flexibility index (Phi) is 10.4. The molecule has 0 aromatic carbocycles. The minimum atomic E-state index is -2.00. The van der Waals surface area contributed by atoms with Crippen molar-refractivity contribution in [1.82, 2.24) is 0 Å². The predicted molar refractivity (Wildman–Crippen MR) is 144 cm³/mol. The second-order valence-electron chi connectivity index (χ2n) is 10.6. The van der Waals surface area contributed by atoms with Gasteiger partial charge in [0, 0.05) is 25.0 Å². The molecular weight excluding hydrogens is 504 g/mol. The Morgan fingerprint density at radius 1 is 0.861 bits per heavy atom. The molecule has 0 bridgehead atoms. The summed E-state index contributed by atoms with van der Waals surface area (Å²) in [7, 11) is -3.99. The topological polar surface area (TPSA) is 155 Å². The van der Waals surface area contributed by atoms with E-state index in [1.807, 2.05) is 0 Å². The van der Waals surface area contributed by atoms with Gasteiger partial charge in [-0.05, 0) is 65.5 Å². The van der Waals surface area contributed by atoms with Crippen LogP contribution in [-0.4, -0.2) is 52.6 Å². The van der Waals surface area contributed by atoms with Gasteiger partial charge in [0.15, 0.2) is 11.6 Å². The lowest BCUT2D eigenvalue weighted by molar-refractivity contribution is -0.148. The first-order chi connectivity index (χ1) is 16.6. The first-order valence-electron chi connectivity index (χ1n) is 11.9. The second kappa shape index (κ2) is 12.4. The minimum Gasteiger partial charge on any atom is -0.646 e. The quantitative estimate of drug-likeness (QED) is 0.166. The van der Waals surface area contributed by atoms with Crippen LogP contribution in [0.5, 0.6) is 0 Å². The van der Waals surface area contributed by atoms with Crippen LogP contribution in [-0.2, 0) is 40.7 Å². The summed E-state index contributed by atoms with van der Waals surface area (Å²) in [6, 6.07) is 0. The van der Waals surface area contributed by atoms with Crippen LogP contribution in [0.4, 0.5) is 0 Å².